The van der Waals surface area contributed by atoms with Crippen molar-refractivity contribution in [2.75, 3.05) is 20.8 Å². The van der Waals surface area contributed by atoms with Crippen LogP contribution in [0.4, 0.5) is 0 Å². The van der Waals surface area contributed by atoms with E-state index in [1.165, 1.54) is 5.56 Å². The summed E-state index contributed by atoms with van der Waals surface area (Å²) in [5, 5.41) is 5.73. The van der Waals surface area contributed by atoms with E-state index in [0.29, 0.717) is 17.1 Å². The summed E-state index contributed by atoms with van der Waals surface area (Å²) in [5.74, 6) is 1.02. The van der Waals surface area contributed by atoms with Crippen LogP contribution in [0, 0.1) is 0 Å². The van der Waals surface area contributed by atoms with Crippen LogP contribution < -0.4 is 20.1 Å². The van der Waals surface area contributed by atoms with Crippen LogP contribution in [0.1, 0.15) is 61.6 Å². The zero-order valence-electron chi connectivity index (χ0n) is 18.7. The summed E-state index contributed by atoms with van der Waals surface area (Å²) in [7, 11) is 3.18. The average molecular weight is 413 g/mol. The third-order valence-corrected chi connectivity index (χ3v) is 4.93. The zero-order chi connectivity index (χ0) is 22.3. The van der Waals surface area contributed by atoms with Gasteiger partial charge in [0, 0.05) is 24.1 Å². The summed E-state index contributed by atoms with van der Waals surface area (Å²) in [6.07, 6.45) is 0.183. The molecule has 0 saturated heterocycles. The number of carbonyl (C=O) groups excluding carboxylic acids is 2. The van der Waals surface area contributed by atoms with E-state index in [4.69, 9.17) is 9.47 Å². The van der Waals surface area contributed by atoms with Crippen molar-refractivity contribution >= 4 is 11.8 Å². The highest BCUT2D eigenvalue weighted by Crippen LogP contribution is 2.29. The van der Waals surface area contributed by atoms with Crippen LogP contribution in [0.15, 0.2) is 42.5 Å². The smallest absolute Gasteiger partial charge is 0.251 e. The zero-order valence-corrected chi connectivity index (χ0v) is 18.7. The first kappa shape index (κ1) is 23.3. The summed E-state index contributed by atoms with van der Waals surface area (Å²) in [6.45, 7) is 8.52. The molecule has 162 valence electrons. The molecule has 0 spiro atoms. The molecule has 2 aromatic carbocycles. The first-order valence-electron chi connectivity index (χ1n) is 10.1. The molecule has 2 rings (SSSR count). The summed E-state index contributed by atoms with van der Waals surface area (Å²) in [6, 6.07) is 12.7. The van der Waals surface area contributed by atoms with Crippen LogP contribution in [0.2, 0.25) is 0 Å². The van der Waals surface area contributed by atoms with Gasteiger partial charge < -0.3 is 20.1 Å². The van der Waals surface area contributed by atoms with Gasteiger partial charge in [-0.15, -0.1) is 0 Å². The molecule has 0 aromatic heterocycles. The van der Waals surface area contributed by atoms with Gasteiger partial charge in [0.15, 0.2) is 0 Å². The van der Waals surface area contributed by atoms with Gasteiger partial charge in [-0.05, 0) is 48.2 Å². The Hall–Kier alpha value is -3.02. The van der Waals surface area contributed by atoms with Gasteiger partial charge in [0.25, 0.3) is 5.91 Å². The second kappa shape index (κ2) is 10.1. The van der Waals surface area contributed by atoms with E-state index in [1.54, 1.807) is 20.3 Å². The van der Waals surface area contributed by atoms with E-state index in [2.05, 4.69) is 31.4 Å². The Morgan fingerprint density at radius 1 is 1.00 bits per heavy atom. The molecule has 0 fully saturated rings. The topological polar surface area (TPSA) is 76.7 Å². The molecule has 0 unspecified atom stereocenters. The van der Waals surface area contributed by atoms with Crippen molar-refractivity contribution in [3.8, 4) is 11.5 Å². The van der Waals surface area contributed by atoms with Gasteiger partial charge in [-0.2, -0.15) is 0 Å². The van der Waals surface area contributed by atoms with E-state index in [1.807, 2.05) is 43.3 Å². The van der Waals surface area contributed by atoms with Crippen molar-refractivity contribution in [1.29, 1.82) is 0 Å². The van der Waals surface area contributed by atoms with Crippen LogP contribution in [-0.2, 0) is 10.2 Å². The molecular weight excluding hydrogens is 380 g/mol. The predicted octanol–water partition coefficient (Wildman–Crippen LogP) is 4.00. The Bertz CT molecular complexity index is 870. The normalized spacial score (nSPS) is 12.1. The number of benzene rings is 2. The molecule has 0 aliphatic heterocycles. The molecule has 0 heterocycles. The minimum absolute atomic E-state index is 0.0369. The molecule has 6 heteroatoms. The minimum atomic E-state index is -0.261. The van der Waals surface area contributed by atoms with Gasteiger partial charge in [0.2, 0.25) is 5.91 Å². The standard InChI is InChI=1S/C24H32N2O4/c1-16(20-15-19(29-5)11-12-21(20)30-6)26-22(27)13-14-25-23(28)17-7-9-18(10-8-17)24(2,3)4/h7-12,15-16H,13-14H2,1-6H3,(H,25,28)(H,26,27)/t16-/m0/s1. The monoisotopic (exact) mass is 412 g/mol. The predicted molar refractivity (Wildman–Crippen MR) is 118 cm³/mol. The maximum atomic E-state index is 12.3. The molecule has 0 saturated carbocycles. The lowest BCUT2D eigenvalue weighted by atomic mass is 9.87. The van der Waals surface area contributed by atoms with E-state index >= 15 is 0 Å². The molecular formula is C24H32N2O4. The quantitative estimate of drug-likeness (QED) is 0.687. The number of methoxy groups -OCH3 is 2. The molecule has 1 atom stereocenters. The lowest BCUT2D eigenvalue weighted by Gasteiger charge is -2.19. The Morgan fingerprint density at radius 2 is 1.67 bits per heavy atom. The highest BCUT2D eigenvalue weighted by atomic mass is 16.5. The summed E-state index contributed by atoms with van der Waals surface area (Å²) >= 11 is 0. The number of carbonyl (C=O) groups is 2. The van der Waals surface area contributed by atoms with Crippen molar-refractivity contribution in [3.05, 3.63) is 59.2 Å². The maximum absolute atomic E-state index is 12.3. The molecule has 0 aliphatic carbocycles. The fraction of sp³-hybridized carbons (Fsp3) is 0.417. The van der Waals surface area contributed by atoms with Gasteiger partial charge in [0.1, 0.15) is 11.5 Å². The van der Waals surface area contributed by atoms with E-state index in [0.717, 1.165) is 5.56 Å². The number of hydrogen-bond donors (Lipinski definition) is 2. The second-order valence-corrected chi connectivity index (χ2v) is 8.23. The molecule has 0 aliphatic rings. The van der Waals surface area contributed by atoms with E-state index in [9.17, 15) is 9.59 Å². The van der Waals surface area contributed by atoms with Crippen molar-refractivity contribution < 1.29 is 19.1 Å². The number of nitrogens with one attached hydrogen (secondary N) is 2. The van der Waals surface area contributed by atoms with Crippen LogP contribution in [-0.4, -0.2) is 32.6 Å². The van der Waals surface area contributed by atoms with Gasteiger partial charge in [-0.1, -0.05) is 32.9 Å². The third kappa shape index (κ3) is 6.24. The fourth-order valence-corrected chi connectivity index (χ4v) is 3.08. The Labute approximate surface area is 179 Å². The van der Waals surface area contributed by atoms with Crippen molar-refractivity contribution in [3.63, 3.8) is 0 Å². The summed E-state index contributed by atoms with van der Waals surface area (Å²) < 4.78 is 10.6. The van der Waals surface area contributed by atoms with Crippen molar-refractivity contribution in [2.24, 2.45) is 0 Å². The first-order chi connectivity index (χ1) is 14.2. The summed E-state index contributed by atoms with van der Waals surface area (Å²) in [4.78, 5) is 24.6. The van der Waals surface area contributed by atoms with E-state index < -0.39 is 0 Å². The molecule has 30 heavy (non-hydrogen) atoms. The van der Waals surface area contributed by atoms with Crippen molar-refractivity contribution in [2.45, 2.75) is 45.6 Å². The largest absolute Gasteiger partial charge is 0.497 e. The third-order valence-electron chi connectivity index (χ3n) is 4.93. The lowest BCUT2D eigenvalue weighted by molar-refractivity contribution is -0.121. The highest BCUT2D eigenvalue weighted by Gasteiger charge is 2.16. The van der Waals surface area contributed by atoms with Crippen LogP contribution in [0.5, 0.6) is 11.5 Å². The van der Waals surface area contributed by atoms with Gasteiger partial charge in [0.05, 0.1) is 20.3 Å². The highest BCUT2D eigenvalue weighted by molar-refractivity contribution is 5.94. The van der Waals surface area contributed by atoms with Crippen LogP contribution in [0.3, 0.4) is 0 Å². The molecule has 0 radical (unpaired) electrons. The molecule has 6 nitrogen and oxygen atoms in total. The number of ether oxygens (including phenoxy) is 2. The Kier molecular flexibility index (Phi) is 7.86. The molecule has 0 bridgehead atoms. The number of amides is 2. The van der Waals surface area contributed by atoms with Crippen LogP contribution >= 0.6 is 0 Å². The Balaban J connectivity index is 1.87. The summed E-state index contributed by atoms with van der Waals surface area (Å²) in [5.41, 5.74) is 2.61. The first-order valence-corrected chi connectivity index (χ1v) is 10.1. The Morgan fingerprint density at radius 3 is 2.23 bits per heavy atom. The maximum Gasteiger partial charge on any atom is 0.251 e. The van der Waals surface area contributed by atoms with Gasteiger partial charge >= 0.3 is 0 Å². The average Bonchev–Trinajstić information content (AvgIpc) is 2.72. The van der Waals surface area contributed by atoms with E-state index in [-0.39, 0.29) is 36.2 Å². The molecule has 2 N–H and O–H groups in total. The second-order valence-electron chi connectivity index (χ2n) is 8.23. The number of rotatable bonds is 8. The minimum Gasteiger partial charge on any atom is -0.497 e. The number of hydrogen-bond acceptors (Lipinski definition) is 4. The molecule has 2 amide bonds. The lowest BCUT2D eigenvalue weighted by Crippen LogP contribution is -2.32. The SMILES string of the molecule is COc1ccc(OC)c([C@H](C)NC(=O)CCNC(=O)c2ccc(C(C)(C)C)cc2)c1. The van der Waals surface area contributed by atoms with Gasteiger partial charge in [-0.3, -0.25) is 9.59 Å². The van der Waals surface area contributed by atoms with Crippen LogP contribution in [0.25, 0.3) is 0 Å². The van der Waals surface area contributed by atoms with Crippen molar-refractivity contribution in [1.82, 2.24) is 10.6 Å². The van der Waals surface area contributed by atoms with Gasteiger partial charge in [-0.25, -0.2) is 0 Å². The molecule has 2 aromatic rings. The fourth-order valence-electron chi connectivity index (χ4n) is 3.08.